The molecule has 2 heterocycles. The number of pyridine rings is 1. The molecule has 1 atom stereocenters. The minimum absolute atomic E-state index is 0. The summed E-state index contributed by atoms with van der Waals surface area (Å²) in [5, 5.41) is 3.42. The summed E-state index contributed by atoms with van der Waals surface area (Å²) in [7, 11) is 0. The first kappa shape index (κ1) is 19.1. The first-order chi connectivity index (χ1) is 11.2. The maximum atomic E-state index is 13.4. The highest BCUT2D eigenvalue weighted by Crippen LogP contribution is 2.22. The summed E-state index contributed by atoms with van der Waals surface area (Å²) in [5.74, 6) is 0.245. The molecule has 0 saturated carbocycles. The lowest BCUT2D eigenvalue weighted by Gasteiger charge is -2.36. The van der Waals surface area contributed by atoms with Crippen molar-refractivity contribution in [3.05, 3.63) is 58.6 Å². The van der Waals surface area contributed by atoms with Gasteiger partial charge in [0, 0.05) is 55.2 Å². The van der Waals surface area contributed by atoms with E-state index in [2.05, 4.69) is 37.2 Å². The Morgan fingerprint density at radius 3 is 3.00 bits per heavy atom. The zero-order valence-corrected chi connectivity index (χ0v) is 15.5. The molecule has 0 bridgehead atoms. The van der Waals surface area contributed by atoms with E-state index in [0.29, 0.717) is 22.9 Å². The van der Waals surface area contributed by atoms with Crippen LogP contribution in [0.2, 0.25) is 0 Å². The van der Waals surface area contributed by atoms with E-state index in [0.717, 1.165) is 26.2 Å². The van der Waals surface area contributed by atoms with Gasteiger partial charge in [-0.05, 0) is 23.8 Å². The molecule has 1 fully saturated rings. The quantitative estimate of drug-likeness (QED) is 0.810. The number of rotatable bonds is 5. The summed E-state index contributed by atoms with van der Waals surface area (Å²) >= 11 is 3.28. The number of aromatic nitrogens is 1. The Morgan fingerprint density at radius 1 is 1.38 bits per heavy atom. The van der Waals surface area contributed by atoms with Gasteiger partial charge in [0.1, 0.15) is 18.2 Å². The second-order valence-electron chi connectivity index (χ2n) is 5.50. The number of halogens is 3. The lowest BCUT2D eigenvalue weighted by atomic mass is 10.1. The molecule has 1 aliphatic heterocycles. The van der Waals surface area contributed by atoms with Crippen molar-refractivity contribution < 1.29 is 9.13 Å². The topological polar surface area (TPSA) is 37.4 Å². The second-order valence-corrected chi connectivity index (χ2v) is 6.41. The van der Waals surface area contributed by atoms with Crippen LogP contribution in [0.15, 0.2) is 47.2 Å². The van der Waals surface area contributed by atoms with Crippen molar-refractivity contribution in [2.45, 2.75) is 6.04 Å². The molecule has 3 rings (SSSR count). The van der Waals surface area contributed by atoms with Crippen LogP contribution in [0.25, 0.3) is 0 Å². The van der Waals surface area contributed by atoms with Crippen LogP contribution >= 0.6 is 28.3 Å². The summed E-state index contributed by atoms with van der Waals surface area (Å²) in [5.41, 5.74) is 1.20. The molecular formula is C17H20BrClFN3O. The Labute approximate surface area is 156 Å². The van der Waals surface area contributed by atoms with Crippen LogP contribution in [0.5, 0.6) is 5.75 Å². The molecule has 0 aliphatic carbocycles. The Bertz CT molecular complexity index is 627. The van der Waals surface area contributed by atoms with Crippen molar-refractivity contribution >= 4 is 28.3 Å². The maximum Gasteiger partial charge on any atom is 0.128 e. The van der Waals surface area contributed by atoms with Crippen molar-refractivity contribution in [2.75, 3.05) is 32.8 Å². The average molecular weight is 417 g/mol. The Kier molecular flexibility index (Phi) is 7.42. The van der Waals surface area contributed by atoms with E-state index in [1.54, 1.807) is 12.3 Å². The van der Waals surface area contributed by atoms with Gasteiger partial charge >= 0.3 is 0 Å². The first-order valence-electron chi connectivity index (χ1n) is 7.66. The summed E-state index contributed by atoms with van der Waals surface area (Å²) in [6.45, 7) is 4.12. The second kappa shape index (κ2) is 9.32. The third kappa shape index (κ3) is 5.14. The molecule has 24 heavy (non-hydrogen) atoms. The SMILES string of the molecule is Cl.Fc1cc(Br)cc(OCCN2CCNCC2c2cccnc2)c1. The van der Waals surface area contributed by atoms with Crippen LogP contribution < -0.4 is 10.1 Å². The van der Waals surface area contributed by atoms with Crippen LogP contribution in [0.1, 0.15) is 11.6 Å². The fraction of sp³-hybridized carbons (Fsp3) is 0.353. The third-order valence-electron chi connectivity index (χ3n) is 3.91. The largest absolute Gasteiger partial charge is 0.492 e. The van der Waals surface area contributed by atoms with Crippen molar-refractivity contribution in [1.82, 2.24) is 15.2 Å². The minimum atomic E-state index is -0.301. The van der Waals surface area contributed by atoms with E-state index in [4.69, 9.17) is 4.74 Å². The van der Waals surface area contributed by atoms with Crippen LogP contribution in [-0.2, 0) is 0 Å². The van der Waals surface area contributed by atoms with E-state index < -0.39 is 0 Å². The molecule has 1 unspecified atom stereocenters. The van der Waals surface area contributed by atoms with Crippen molar-refractivity contribution in [1.29, 1.82) is 0 Å². The van der Waals surface area contributed by atoms with Crippen molar-refractivity contribution in [2.24, 2.45) is 0 Å². The highest BCUT2D eigenvalue weighted by Gasteiger charge is 2.23. The summed E-state index contributed by atoms with van der Waals surface area (Å²) < 4.78 is 19.7. The standard InChI is InChI=1S/C17H19BrFN3O.ClH/c18-14-8-15(19)10-16(9-14)23-7-6-22-5-4-21-12-17(22)13-2-1-3-20-11-13;/h1-3,8-11,17,21H,4-7,12H2;1H. The molecule has 4 nitrogen and oxygen atoms in total. The van der Waals surface area contributed by atoms with Crippen molar-refractivity contribution in [3.8, 4) is 5.75 Å². The van der Waals surface area contributed by atoms with Gasteiger partial charge in [0.15, 0.2) is 0 Å². The Balaban J connectivity index is 0.00000208. The molecular weight excluding hydrogens is 397 g/mol. The Morgan fingerprint density at radius 2 is 2.25 bits per heavy atom. The zero-order valence-electron chi connectivity index (χ0n) is 13.1. The van der Waals surface area contributed by atoms with Gasteiger partial charge in [-0.1, -0.05) is 22.0 Å². The highest BCUT2D eigenvalue weighted by atomic mass is 79.9. The lowest BCUT2D eigenvalue weighted by Crippen LogP contribution is -2.47. The number of benzene rings is 1. The van der Waals surface area contributed by atoms with Gasteiger partial charge in [0.05, 0.1) is 0 Å². The van der Waals surface area contributed by atoms with Crippen LogP contribution in [-0.4, -0.2) is 42.7 Å². The first-order valence-corrected chi connectivity index (χ1v) is 8.45. The maximum absolute atomic E-state index is 13.4. The monoisotopic (exact) mass is 415 g/mol. The molecule has 1 aromatic carbocycles. The summed E-state index contributed by atoms with van der Waals surface area (Å²) in [4.78, 5) is 6.59. The van der Waals surface area contributed by atoms with Gasteiger partial charge in [-0.25, -0.2) is 4.39 Å². The molecule has 130 valence electrons. The molecule has 0 radical (unpaired) electrons. The molecule has 0 spiro atoms. The highest BCUT2D eigenvalue weighted by molar-refractivity contribution is 9.10. The number of ether oxygens (including phenoxy) is 1. The van der Waals surface area contributed by atoms with E-state index in [1.165, 1.54) is 17.7 Å². The molecule has 7 heteroatoms. The van der Waals surface area contributed by atoms with Gasteiger partial charge in [0.2, 0.25) is 0 Å². The van der Waals surface area contributed by atoms with E-state index in [-0.39, 0.29) is 18.2 Å². The van der Waals surface area contributed by atoms with Crippen molar-refractivity contribution in [3.63, 3.8) is 0 Å². The zero-order chi connectivity index (χ0) is 16.1. The minimum Gasteiger partial charge on any atom is -0.492 e. The summed E-state index contributed by atoms with van der Waals surface area (Å²) in [6, 6.07) is 8.95. The predicted octanol–water partition coefficient (Wildman–Crippen LogP) is 3.43. The number of nitrogens with zero attached hydrogens (tertiary/aromatic N) is 2. The lowest BCUT2D eigenvalue weighted by molar-refractivity contribution is 0.133. The van der Waals surface area contributed by atoms with Gasteiger partial charge in [-0.2, -0.15) is 0 Å². The third-order valence-corrected chi connectivity index (χ3v) is 4.36. The van der Waals surface area contributed by atoms with Gasteiger partial charge in [-0.15, -0.1) is 12.4 Å². The van der Waals surface area contributed by atoms with Gasteiger partial charge < -0.3 is 10.1 Å². The number of hydrogen-bond acceptors (Lipinski definition) is 4. The van der Waals surface area contributed by atoms with E-state index in [1.807, 2.05) is 12.3 Å². The smallest absolute Gasteiger partial charge is 0.128 e. The molecule has 1 aliphatic rings. The number of hydrogen-bond donors (Lipinski definition) is 1. The van der Waals surface area contributed by atoms with Crippen LogP contribution in [0.3, 0.4) is 0 Å². The fourth-order valence-corrected chi connectivity index (χ4v) is 3.25. The average Bonchev–Trinajstić information content (AvgIpc) is 2.55. The van der Waals surface area contributed by atoms with Gasteiger partial charge in [-0.3, -0.25) is 9.88 Å². The number of piperazine rings is 1. The van der Waals surface area contributed by atoms with Crippen LogP contribution in [0, 0.1) is 5.82 Å². The molecule has 1 N–H and O–H groups in total. The molecule has 0 amide bonds. The van der Waals surface area contributed by atoms with Crippen LogP contribution in [0.4, 0.5) is 4.39 Å². The van der Waals surface area contributed by atoms with E-state index >= 15 is 0 Å². The number of nitrogens with one attached hydrogen (secondary N) is 1. The Hall–Kier alpha value is -1.21. The summed E-state index contributed by atoms with van der Waals surface area (Å²) in [6.07, 6.45) is 3.70. The van der Waals surface area contributed by atoms with Gasteiger partial charge in [0.25, 0.3) is 0 Å². The normalized spacial score (nSPS) is 18.0. The fourth-order valence-electron chi connectivity index (χ4n) is 2.81. The molecule has 1 aromatic heterocycles. The predicted molar refractivity (Wildman–Crippen MR) is 98.3 cm³/mol. The van der Waals surface area contributed by atoms with E-state index in [9.17, 15) is 4.39 Å². The molecule has 2 aromatic rings. The molecule has 1 saturated heterocycles.